The van der Waals surface area contributed by atoms with Crippen LogP contribution >= 0.6 is 21.6 Å². The average molecular weight is 440 g/mol. The smallest absolute Gasteiger partial charge is 0.339 e. The summed E-state index contributed by atoms with van der Waals surface area (Å²) < 4.78 is 10.6. The second-order valence-electron chi connectivity index (χ2n) is 7.55. The quantitative estimate of drug-likeness (QED) is 0.222. The molecule has 1 aliphatic rings. The molecular formula is C22H33NO4S2. The Morgan fingerprint density at radius 1 is 1.07 bits per heavy atom. The van der Waals surface area contributed by atoms with Crippen LogP contribution in [0.1, 0.15) is 75.1 Å². The third-order valence-corrected chi connectivity index (χ3v) is 7.70. The lowest BCUT2D eigenvalue weighted by molar-refractivity contribution is -0.143. The van der Waals surface area contributed by atoms with E-state index in [0.29, 0.717) is 36.4 Å². The first-order valence-corrected chi connectivity index (χ1v) is 13.1. The standard InChI is InChI=1S/C22H33NO4S2/c1-2-9-22(10-4-3-5-11-22)12-8-20(24)26-14-16-28-29-17-15-27-21(25)19-7-6-13-23-18-19/h6-7,13,18H,2-5,8-12,14-17H2,1H3. The summed E-state index contributed by atoms with van der Waals surface area (Å²) in [5, 5.41) is 0. The summed E-state index contributed by atoms with van der Waals surface area (Å²) in [5.41, 5.74) is 0.843. The van der Waals surface area contributed by atoms with Crippen LogP contribution in [0.2, 0.25) is 0 Å². The van der Waals surface area contributed by atoms with Gasteiger partial charge in [0, 0.05) is 30.3 Å². The second-order valence-corrected chi connectivity index (χ2v) is 10.3. The number of carbonyl (C=O) groups is 2. The lowest BCUT2D eigenvalue weighted by atomic mass is 9.68. The molecule has 1 aliphatic carbocycles. The molecule has 0 unspecified atom stereocenters. The maximum Gasteiger partial charge on any atom is 0.339 e. The highest BCUT2D eigenvalue weighted by Gasteiger charge is 2.31. The zero-order chi connectivity index (χ0) is 20.8. The molecule has 5 nitrogen and oxygen atoms in total. The van der Waals surface area contributed by atoms with Gasteiger partial charge in [0.15, 0.2) is 0 Å². The van der Waals surface area contributed by atoms with E-state index in [9.17, 15) is 9.59 Å². The highest BCUT2D eigenvalue weighted by molar-refractivity contribution is 8.76. The van der Waals surface area contributed by atoms with E-state index in [4.69, 9.17) is 9.47 Å². The van der Waals surface area contributed by atoms with Gasteiger partial charge in [0.1, 0.15) is 13.2 Å². The Morgan fingerprint density at radius 2 is 1.79 bits per heavy atom. The monoisotopic (exact) mass is 439 g/mol. The number of rotatable bonds is 13. The van der Waals surface area contributed by atoms with E-state index in [1.54, 1.807) is 39.9 Å². The van der Waals surface area contributed by atoms with Gasteiger partial charge in [0.2, 0.25) is 0 Å². The number of esters is 2. The number of hydrogen-bond donors (Lipinski definition) is 0. The normalized spacial score (nSPS) is 15.6. The number of pyridine rings is 1. The molecule has 0 bridgehead atoms. The third-order valence-electron chi connectivity index (χ3n) is 5.36. The SMILES string of the molecule is CCCC1(CCC(=O)OCCSSCCOC(=O)c2cccnc2)CCCCC1. The summed E-state index contributed by atoms with van der Waals surface area (Å²) in [4.78, 5) is 27.7. The van der Waals surface area contributed by atoms with Crippen molar-refractivity contribution < 1.29 is 19.1 Å². The molecular weight excluding hydrogens is 406 g/mol. The van der Waals surface area contributed by atoms with E-state index in [0.717, 1.165) is 12.2 Å². The third kappa shape index (κ3) is 9.43. The molecule has 7 heteroatoms. The lowest BCUT2D eigenvalue weighted by Gasteiger charge is -2.37. The Balaban J connectivity index is 1.47. The second kappa shape index (κ2) is 13.9. The zero-order valence-corrected chi connectivity index (χ0v) is 19.0. The van der Waals surface area contributed by atoms with Gasteiger partial charge >= 0.3 is 11.9 Å². The molecule has 2 rings (SSSR count). The largest absolute Gasteiger partial charge is 0.465 e. The molecule has 0 aliphatic heterocycles. The van der Waals surface area contributed by atoms with Crippen LogP contribution in [0.25, 0.3) is 0 Å². The Bertz CT molecular complexity index is 601. The van der Waals surface area contributed by atoms with Crippen LogP contribution in [0.15, 0.2) is 24.5 Å². The topological polar surface area (TPSA) is 65.5 Å². The van der Waals surface area contributed by atoms with Gasteiger partial charge in [-0.3, -0.25) is 9.78 Å². The summed E-state index contributed by atoms with van der Waals surface area (Å²) >= 11 is 0. The van der Waals surface area contributed by atoms with Crippen LogP contribution < -0.4 is 0 Å². The van der Waals surface area contributed by atoms with Crippen LogP contribution in [0, 0.1) is 5.41 Å². The first-order chi connectivity index (χ1) is 14.2. The highest BCUT2D eigenvalue weighted by Crippen LogP contribution is 2.43. The van der Waals surface area contributed by atoms with E-state index in [1.807, 2.05) is 0 Å². The molecule has 1 aromatic heterocycles. The molecule has 0 amide bonds. The lowest BCUT2D eigenvalue weighted by Crippen LogP contribution is -2.25. The molecule has 162 valence electrons. The van der Waals surface area contributed by atoms with Crippen LogP contribution in [0.3, 0.4) is 0 Å². The molecule has 0 radical (unpaired) electrons. The maximum atomic E-state index is 12.1. The molecule has 0 atom stereocenters. The van der Waals surface area contributed by atoms with Crippen molar-refractivity contribution in [1.82, 2.24) is 4.98 Å². The Hall–Kier alpha value is -1.21. The number of aromatic nitrogens is 1. The van der Waals surface area contributed by atoms with E-state index < -0.39 is 0 Å². The first-order valence-electron chi connectivity index (χ1n) is 10.6. The summed E-state index contributed by atoms with van der Waals surface area (Å²) in [6.07, 6.45) is 13.6. The van der Waals surface area contributed by atoms with Crippen molar-refractivity contribution in [2.75, 3.05) is 24.7 Å². The van der Waals surface area contributed by atoms with Crippen LogP contribution in [0.4, 0.5) is 0 Å². The maximum absolute atomic E-state index is 12.1. The molecule has 29 heavy (non-hydrogen) atoms. The van der Waals surface area contributed by atoms with Crippen LogP contribution in [-0.4, -0.2) is 41.6 Å². The van der Waals surface area contributed by atoms with Crippen molar-refractivity contribution in [2.24, 2.45) is 5.41 Å². The van der Waals surface area contributed by atoms with E-state index >= 15 is 0 Å². The minimum absolute atomic E-state index is 0.0675. The predicted octanol–water partition coefficient (Wildman–Crippen LogP) is 5.69. The van der Waals surface area contributed by atoms with E-state index in [-0.39, 0.29) is 11.9 Å². The minimum Gasteiger partial charge on any atom is -0.465 e. The van der Waals surface area contributed by atoms with Crippen molar-refractivity contribution in [3.8, 4) is 0 Å². The van der Waals surface area contributed by atoms with Gasteiger partial charge in [-0.2, -0.15) is 0 Å². The summed E-state index contributed by atoms with van der Waals surface area (Å²) in [7, 11) is 3.25. The zero-order valence-electron chi connectivity index (χ0n) is 17.4. The Labute approximate surface area is 182 Å². The van der Waals surface area contributed by atoms with Gasteiger partial charge in [-0.1, -0.05) is 54.2 Å². The first kappa shape index (κ1) is 24.1. The molecule has 0 N–H and O–H groups in total. The number of ether oxygens (including phenoxy) is 2. The molecule has 0 aromatic carbocycles. The molecule has 1 aromatic rings. The van der Waals surface area contributed by atoms with E-state index in [1.165, 1.54) is 51.1 Å². The molecule has 0 saturated heterocycles. The average Bonchev–Trinajstić information content (AvgIpc) is 2.75. The molecule has 1 heterocycles. The molecule has 0 spiro atoms. The van der Waals surface area contributed by atoms with Gasteiger partial charge in [0.25, 0.3) is 0 Å². The van der Waals surface area contributed by atoms with Crippen LogP contribution in [-0.2, 0) is 14.3 Å². The summed E-state index contributed by atoms with van der Waals surface area (Å²) in [5.74, 6) is 1.02. The van der Waals surface area contributed by atoms with Gasteiger partial charge in [-0.25, -0.2) is 4.79 Å². The number of carbonyl (C=O) groups excluding carboxylic acids is 2. The fourth-order valence-corrected chi connectivity index (χ4v) is 5.59. The Morgan fingerprint density at radius 3 is 2.45 bits per heavy atom. The Kier molecular flexibility index (Phi) is 11.5. The highest BCUT2D eigenvalue weighted by atomic mass is 33.1. The van der Waals surface area contributed by atoms with Crippen molar-refractivity contribution in [3.05, 3.63) is 30.1 Å². The van der Waals surface area contributed by atoms with Crippen LogP contribution in [0.5, 0.6) is 0 Å². The van der Waals surface area contributed by atoms with E-state index in [2.05, 4.69) is 11.9 Å². The minimum atomic E-state index is -0.351. The molecule has 1 fully saturated rings. The van der Waals surface area contributed by atoms with Crippen molar-refractivity contribution in [3.63, 3.8) is 0 Å². The summed E-state index contributed by atoms with van der Waals surface area (Å²) in [6, 6.07) is 3.39. The summed E-state index contributed by atoms with van der Waals surface area (Å²) in [6.45, 7) is 3.03. The predicted molar refractivity (Wildman–Crippen MR) is 120 cm³/mol. The fourth-order valence-electron chi connectivity index (χ4n) is 3.94. The molecule has 1 saturated carbocycles. The van der Waals surface area contributed by atoms with Gasteiger partial charge in [-0.15, -0.1) is 0 Å². The van der Waals surface area contributed by atoms with Crippen molar-refractivity contribution >= 4 is 33.5 Å². The van der Waals surface area contributed by atoms with Gasteiger partial charge < -0.3 is 9.47 Å². The van der Waals surface area contributed by atoms with Crippen molar-refractivity contribution in [1.29, 1.82) is 0 Å². The van der Waals surface area contributed by atoms with Gasteiger partial charge in [-0.05, 0) is 43.2 Å². The van der Waals surface area contributed by atoms with Gasteiger partial charge in [0.05, 0.1) is 5.56 Å². The number of hydrogen-bond acceptors (Lipinski definition) is 7. The number of nitrogens with zero attached hydrogens (tertiary/aromatic N) is 1. The van der Waals surface area contributed by atoms with Crippen molar-refractivity contribution in [2.45, 2.75) is 64.7 Å². The fraction of sp³-hybridized carbons (Fsp3) is 0.682.